The van der Waals surface area contributed by atoms with Crippen LogP contribution < -0.4 is 10.0 Å². The van der Waals surface area contributed by atoms with Crippen LogP contribution in [-0.4, -0.2) is 38.4 Å². The molecular weight excluding hydrogens is 402 g/mol. The first-order valence-electron chi connectivity index (χ1n) is 10.7. The molecule has 0 atom stereocenters. The highest BCUT2D eigenvalue weighted by Gasteiger charge is 2.24. The smallest absolute Gasteiger partial charge is 0.240 e. The van der Waals surface area contributed by atoms with Crippen LogP contribution in [0, 0.1) is 0 Å². The molecular formula is C22H29N3O4S. The van der Waals surface area contributed by atoms with Crippen LogP contribution in [0.2, 0.25) is 0 Å². The summed E-state index contributed by atoms with van der Waals surface area (Å²) in [6.45, 7) is 1.66. The number of hydrogen-bond donors (Lipinski definition) is 2. The van der Waals surface area contributed by atoms with Crippen molar-refractivity contribution in [2.24, 2.45) is 0 Å². The van der Waals surface area contributed by atoms with Gasteiger partial charge in [0.15, 0.2) is 0 Å². The number of aryl methyl sites for hydroxylation is 1. The van der Waals surface area contributed by atoms with Gasteiger partial charge in [0.25, 0.3) is 0 Å². The number of nitrogens with zero attached hydrogens (tertiary/aromatic N) is 1. The lowest BCUT2D eigenvalue weighted by atomic mass is 10.1. The van der Waals surface area contributed by atoms with Gasteiger partial charge < -0.3 is 9.73 Å². The monoisotopic (exact) mass is 431 g/mol. The Balaban J connectivity index is 1.40. The zero-order valence-electron chi connectivity index (χ0n) is 17.1. The molecule has 162 valence electrons. The molecule has 2 aromatic rings. The van der Waals surface area contributed by atoms with Crippen molar-refractivity contribution < 1.29 is 17.6 Å². The van der Waals surface area contributed by atoms with Crippen molar-refractivity contribution in [2.75, 3.05) is 18.4 Å². The lowest BCUT2D eigenvalue weighted by Gasteiger charge is -2.28. The zero-order valence-corrected chi connectivity index (χ0v) is 17.9. The van der Waals surface area contributed by atoms with Crippen LogP contribution in [0.25, 0.3) is 0 Å². The van der Waals surface area contributed by atoms with Gasteiger partial charge in [-0.15, -0.1) is 0 Å². The molecule has 2 heterocycles. The fourth-order valence-electron chi connectivity index (χ4n) is 4.39. The van der Waals surface area contributed by atoms with E-state index in [4.69, 9.17) is 4.42 Å². The van der Waals surface area contributed by atoms with Crippen molar-refractivity contribution in [3.8, 4) is 0 Å². The van der Waals surface area contributed by atoms with E-state index in [9.17, 15) is 13.2 Å². The minimum absolute atomic E-state index is 0.0222. The number of fused-ring (bicyclic) bond motifs is 1. The van der Waals surface area contributed by atoms with E-state index in [0.717, 1.165) is 30.6 Å². The van der Waals surface area contributed by atoms with Crippen molar-refractivity contribution in [2.45, 2.75) is 62.4 Å². The quantitative estimate of drug-likeness (QED) is 0.669. The fourth-order valence-corrected chi connectivity index (χ4v) is 5.46. The van der Waals surface area contributed by atoms with Gasteiger partial charge in [-0.05, 0) is 61.6 Å². The number of anilines is 1. The Morgan fingerprint density at radius 1 is 1.13 bits per heavy atom. The third kappa shape index (κ3) is 5.11. The second-order valence-corrected chi connectivity index (χ2v) is 9.87. The van der Waals surface area contributed by atoms with E-state index < -0.39 is 10.0 Å². The molecule has 0 radical (unpaired) electrons. The largest absolute Gasteiger partial charge is 0.468 e. The third-order valence-corrected chi connectivity index (χ3v) is 7.44. The lowest BCUT2D eigenvalue weighted by molar-refractivity contribution is -0.116. The van der Waals surface area contributed by atoms with Gasteiger partial charge in [-0.3, -0.25) is 9.69 Å². The summed E-state index contributed by atoms with van der Waals surface area (Å²) in [6, 6.07) is 9.24. The maximum atomic E-state index is 12.9. The van der Waals surface area contributed by atoms with Crippen LogP contribution in [0.5, 0.6) is 0 Å². The number of sulfonamides is 1. The second kappa shape index (κ2) is 9.32. The molecule has 0 unspecified atom stereocenters. The van der Waals surface area contributed by atoms with Gasteiger partial charge in [0.2, 0.25) is 15.9 Å². The molecule has 8 heteroatoms. The number of amides is 1. The average molecular weight is 432 g/mol. The van der Waals surface area contributed by atoms with Crippen LogP contribution in [0.15, 0.2) is 45.9 Å². The first kappa shape index (κ1) is 21.1. The highest BCUT2D eigenvalue weighted by atomic mass is 32.2. The van der Waals surface area contributed by atoms with Gasteiger partial charge >= 0.3 is 0 Å². The van der Waals surface area contributed by atoms with Gasteiger partial charge in [-0.25, -0.2) is 13.1 Å². The Morgan fingerprint density at radius 2 is 1.97 bits per heavy atom. The maximum Gasteiger partial charge on any atom is 0.240 e. The summed E-state index contributed by atoms with van der Waals surface area (Å²) in [5.74, 6) is 0.878. The molecule has 4 rings (SSSR count). The van der Waals surface area contributed by atoms with Crippen LogP contribution in [0.4, 0.5) is 5.69 Å². The Morgan fingerprint density at radius 3 is 2.73 bits per heavy atom. The third-order valence-electron chi connectivity index (χ3n) is 5.98. The molecule has 0 saturated heterocycles. The predicted molar refractivity (Wildman–Crippen MR) is 115 cm³/mol. The molecule has 0 bridgehead atoms. The minimum atomic E-state index is -3.61. The number of benzene rings is 1. The molecule has 1 aromatic carbocycles. The van der Waals surface area contributed by atoms with E-state index in [0.29, 0.717) is 44.2 Å². The van der Waals surface area contributed by atoms with Crippen LogP contribution in [0.3, 0.4) is 0 Å². The highest BCUT2D eigenvalue weighted by molar-refractivity contribution is 7.89. The van der Waals surface area contributed by atoms with Crippen molar-refractivity contribution in [3.63, 3.8) is 0 Å². The molecule has 7 nitrogen and oxygen atoms in total. The summed E-state index contributed by atoms with van der Waals surface area (Å²) in [7, 11) is -3.61. The van der Waals surface area contributed by atoms with Crippen molar-refractivity contribution in [3.05, 3.63) is 47.9 Å². The number of furan rings is 1. The maximum absolute atomic E-state index is 12.9. The molecule has 1 aliphatic carbocycles. The molecule has 2 aliphatic rings. The normalized spacial score (nSPS) is 17.7. The molecule has 30 heavy (non-hydrogen) atoms. The SMILES string of the molecule is O=C1CCCc2cc(S(=O)(=O)NCCN(Cc3ccco3)C3CCCC3)ccc2N1. The summed E-state index contributed by atoms with van der Waals surface area (Å²) in [5.41, 5.74) is 1.58. The molecule has 0 spiro atoms. The van der Waals surface area contributed by atoms with Gasteiger partial charge in [0.1, 0.15) is 5.76 Å². The van der Waals surface area contributed by atoms with Crippen molar-refractivity contribution in [1.82, 2.24) is 9.62 Å². The summed E-state index contributed by atoms with van der Waals surface area (Å²) < 4.78 is 34.0. The topological polar surface area (TPSA) is 91.7 Å². The van der Waals surface area contributed by atoms with Gasteiger partial charge in [0.05, 0.1) is 17.7 Å². The van der Waals surface area contributed by atoms with Gasteiger partial charge in [-0.2, -0.15) is 0 Å². The Kier molecular flexibility index (Phi) is 6.55. The number of rotatable bonds is 8. The number of carbonyl (C=O) groups is 1. The molecule has 1 aromatic heterocycles. The van der Waals surface area contributed by atoms with Gasteiger partial charge in [0, 0.05) is 31.2 Å². The Bertz CT molecular complexity index is 966. The number of nitrogens with one attached hydrogen (secondary N) is 2. The van der Waals surface area contributed by atoms with Crippen LogP contribution in [-0.2, 0) is 27.8 Å². The number of hydrogen-bond acceptors (Lipinski definition) is 5. The van der Waals surface area contributed by atoms with E-state index in [-0.39, 0.29) is 10.8 Å². The predicted octanol–water partition coefficient (Wildman–Crippen LogP) is 3.28. The highest BCUT2D eigenvalue weighted by Crippen LogP contribution is 2.26. The molecule has 1 aliphatic heterocycles. The first-order valence-corrected chi connectivity index (χ1v) is 12.2. The van der Waals surface area contributed by atoms with E-state index >= 15 is 0 Å². The van der Waals surface area contributed by atoms with Crippen LogP contribution >= 0.6 is 0 Å². The fraction of sp³-hybridized carbons (Fsp3) is 0.500. The van der Waals surface area contributed by atoms with Crippen LogP contribution in [0.1, 0.15) is 49.8 Å². The van der Waals surface area contributed by atoms with Gasteiger partial charge in [-0.1, -0.05) is 12.8 Å². The minimum Gasteiger partial charge on any atom is -0.468 e. The van der Waals surface area contributed by atoms with E-state index in [2.05, 4.69) is 14.9 Å². The molecule has 1 amide bonds. The number of carbonyl (C=O) groups excluding carboxylic acids is 1. The second-order valence-electron chi connectivity index (χ2n) is 8.11. The zero-order chi connectivity index (χ0) is 21.0. The summed E-state index contributed by atoms with van der Waals surface area (Å²) in [5, 5.41) is 2.84. The van der Waals surface area contributed by atoms with E-state index in [1.165, 1.54) is 12.8 Å². The van der Waals surface area contributed by atoms with Crippen molar-refractivity contribution in [1.29, 1.82) is 0 Å². The summed E-state index contributed by atoms with van der Waals surface area (Å²) in [6.07, 6.45) is 8.27. The lowest BCUT2D eigenvalue weighted by Crippen LogP contribution is -2.39. The Labute approximate surface area is 177 Å². The van der Waals surface area contributed by atoms with E-state index in [1.807, 2.05) is 12.1 Å². The average Bonchev–Trinajstić information content (AvgIpc) is 3.39. The molecule has 1 saturated carbocycles. The first-order chi connectivity index (χ1) is 14.5. The van der Waals surface area contributed by atoms with Crippen molar-refractivity contribution >= 4 is 21.6 Å². The molecule has 1 fully saturated rings. The van der Waals surface area contributed by atoms with E-state index in [1.54, 1.807) is 24.5 Å². The summed E-state index contributed by atoms with van der Waals surface area (Å²) in [4.78, 5) is 14.3. The summed E-state index contributed by atoms with van der Waals surface area (Å²) >= 11 is 0. The Hall–Kier alpha value is -2.16. The molecule has 2 N–H and O–H groups in total. The standard InChI is InChI=1S/C22H29N3O4S/c26-22-9-3-5-17-15-20(10-11-21(17)24-22)30(27,28)23-12-13-25(18-6-1-2-7-18)16-19-8-4-14-29-19/h4,8,10-11,14-15,18,23H,1-3,5-7,9,12-13,16H2,(H,24,26).